The first-order chi connectivity index (χ1) is 9.66. The third kappa shape index (κ3) is 4.53. The van der Waals surface area contributed by atoms with Gasteiger partial charge < -0.3 is 24.3 Å². The lowest BCUT2D eigenvalue weighted by Crippen LogP contribution is -2.32. The SMILES string of the molecule is CC(Oc1ccc(NS(C)(=O)=O)cc1)(P(=O)(O)O)P(=O)(O)O. The molecule has 13 heteroatoms. The third-order valence-electron chi connectivity index (χ3n) is 2.55. The van der Waals surface area contributed by atoms with E-state index in [9.17, 15) is 17.5 Å². The Morgan fingerprint density at radius 3 is 1.77 bits per heavy atom. The molecule has 0 bridgehead atoms. The number of hydrogen-bond donors (Lipinski definition) is 5. The molecule has 1 aromatic carbocycles. The Morgan fingerprint density at radius 1 is 1.05 bits per heavy atom. The van der Waals surface area contributed by atoms with Gasteiger partial charge in [-0.05, 0) is 31.2 Å². The molecule has 0 fully saturated rings. The summed E-state index contributed by atoms with van der Waals surface area (Å²) in [4.78, 5) is 36.6. The van der Waals surface area contributed by atoms with Crippen molar-refractivity contribution >= 4 is 30.9 Å². The predicted octanol–water partition coefficient (Wildman–Crippen LogP) is 0.466. The summed E-state index contributed by atoms with van der Waals surface area (Å²) >= 11 is 0. The van der Waals surface area contributed by atoms with Crippen LogP contribution in [0, 0.1) is 0 Å². The van der Waals surface area contributed by atoms with Crippen LogP contribution in [0.4, 0.5) is 5.69 Å². The van der Waals surface area contributed by atoms with E-state index in [1.54, 1.807) is 0 Å². The number of hydrogen-bond acceptors (Lipinski definition) is 5. The smallest absolute Gasteiger partial charge is 0.381 e. The van der Waals surface area contributed by atoms with Crippen LogP contribution in [0.1, 0.15) is 6.92 Å². The summed E-state index contributed by atoms with van der Waals surface area (Å²) in [5, 5.41) is -3.05. The van der Waals surface area contributed by atoms with Crippen molar-refractivity contribution in [3.8, 4) is 5.75 Å². The minimum Gasteiger partial charge on any atom is -0.462 e. The van der Waals surface area contributed by atoms with Gasteiger partial charge in [0.05, 0.1) is 6.26 Å². The Hall–Kier alpha value is -0.930. The number of rotatable bonds is 6. The lowest BCUT2D eigenvalue weighted by molar-refractivity contribution is 0.167. The first-order valence-corrected chi connectivity index (χ1v) is 10.7. The molecule has 0 saturated carbocycles. The summed E-state index contributed by atoms with van der Waals surface area (Å²) in [5.41, 5.74) is 0.143. The van der Waals surface area contributed by atoms with Gasteiger partial charge in [0.2, 0.25) is 10.0 Å². The van der Waals surface area contributed by atoms with Gasteiger partial charge in [0, 0.05) is 5.69 Å². The molecule has 0 amide bonds. The van der Waals surface area contributed by atoms with Crippen molar-refractivity contribution in [2.75, 3.05) is 11.0 Å². The van der Waals surface area contributed by atoms with Gasteiger partial charge in [-0.1, -0.05) is 0 Å². The molecule has 0 saturated heterocycles. The molecule has 1 aromatic rings. The van der Waals surface area contributed by atoms with Gasteiger partial charge in [0.1, 0.15) is 5.75 Å². The zero-order valence-electron chi connectivity index (χ0n) is 11.4. The lowest BCUT2D eigenvalue weighted by atomic mass is 10.3. The Kier molecular flexibility index (Phi) is 5.16. The quantitative estimate of drug-likeness (QED) is 0.443. The molecule has 0 aliphatic carbocycles. The van der Waals surface area contributed by atoms with Crippen LogP contribution >= 0.6 is 15.2 Å². The Labute approximate surface area is 126 Å². The van der Waals surface area contributed by atoms with Crippen LogP contribution in [0.25, 0.3) is 0 Å². The van der Waals surface area contributed by atoms with Crippen molar-refractivity contribution in [1.82, 2.24) is 0 Å². The lowest BCUT2D eigenvalue weighted by Gasteiger charge is -2.31. The second-order valence-electron chi connectivity index (χ2n) is 4.52. The average Bonchev–Trinajstić information content (AvgIpc) is 2.26. The number of ether oxygens (including phenoxy) is 1. The second kappa shape index (κ2) is 5.93. The van der Waals surface area contributed by atoms with Crippen LogP contribution < -0.4 is 9.46 Å². The van der Waals surface area contributed by atoms with Crippen LogP contribution in [0.2, 0.25) is 0 Å². The minimum atomic E-state index is -5.32. The molecular weight excluding hydrogens is 360 g/mol. The summed E-state index contributed by atoms with van der Waals surface area (Å²) in [6.07, 6.45) is 0.927. The normalized spacial score (nSPS) is 13.7. The van der Waals surface area contributed by atoms with Gasteiger partial charge in [-0.2, -0.15) is 0 Å². The molecule has 0 atom stereocenters. The topological polar surface area (TPSA) is 170 Å². The van der Waals surface area contributed by atoms with Gasteiger partial charge in [-0.25, -0.2) is 8.42 Å². The van der Waals surface area contributed by atoms with E-state index in [2.05, 4.69) is 4.72 Å². The fraction of sp³-hybridized carbons (Fsp3) is 0.333. The standard InChI is InChI=1S/C9H15NO9P2S/c1-9(20(11,12)13,21(14,15)16)19-8-5-3-7(4-6-8)10-22(2,17)18/h3-6,10H,1-2H3,(H2,11,12,13)(H2,14,15,16). The molecular formula is C9H15NO9P2S. The van der Waals surface area contributed by atoms with Crippen LogP contribution in [0.15, 0.2) is 24.3 Å². The second-order valence-corrected chi connectivity index (χ2v) is 10.5. The van der Waals surface area contributed by atoms with Crippen LogP contribution in [0.5, 0.6) is 5.75 Å². The summed E-state index contributed by atoms with van der Waals surface area (Å²) in [6, 6.07) is 4.63. The molecule has 0 radical (unpaired) electrons. The number of benzene rings is 1. The van der Waals surface area contributed by atoms with E-state index in [0.717, 1.165) is 18.4 Å². The van der Waals surface area contributed by atoms with Crippen molar-refractivity contribution in [3.63, 3.8) is 0 Å². The molecule has 0 aliphatic rings. The van der Waals surface area contributed by atoms with Gasteiger partial charge >= 0.3 is 20.3 Å². The maximum atomic E-state index is 11.3. The highest BCUT2D eigenvalue weighted by Crippen LogP contribution is 2.68. The summed E-state index contributed by atoms with van der Waals surface area (Å²) < 4.78 is 51.7. The van der Waals surface area contributed by atoms with E-state index in [1.165, 1.54) is 12.1 Å². The monoisotopic (exact) mass is 375 g/mol. The molecule has 1 rings (SSSR count). The average molecular weight is 375 g/mol. The highest BCUT2D eigenvalue weighted by Gasteiger charge is 2.59. The molecule has 0 aliphatic heterocycles. The number of sulfonamides is 1. The fourth-order valence-electron chi connectivity index (χ4n) is 1.32. The number of nitrogens with one attached hydrogen (secondary N) is 1. The van der Waals surface area contributed by atoms with Crippen molar-refractivity contribution in [2.45, 2.75) is 12.0 Å². The van der Waals surface area contributed by atoms with Gasteiger partial charge in [-0.3, -0.25) is 13.9 Å². The molecule has 0 aromatic heterocycles. The molecule has 22 heavy (non-hydrogen) atoms. The predicted molar refractivity (Wildman–Crippen MR) is 78.0 cm³/mol. The zero-order valence-corrected chi connectivity index (χ0v) is 14.0. The zero-order chi connectivity index (χ0) is 17.4. The van der Waals surface area contributed by atoms with E-state index in [1.807, 2.05) is 0 Å². The highest BCUT2D eigenvalue weighted by molar-refractivity contribution is 7.92. The molecule has 0 spiro atoms. The maximum absolute atomic E-state index is 11.3. The molecule has 10 nitrogen and oxygen atoms in total. The van der Waals surface area contributed by atoms with Crippen molar-refractivity contribution in [1.29, 1.82) is 0 Å². The van der Waals surface area contributed by atoms with Crippen molar-refractivity contribution in [2.24, 2.45) is 0 Å². The number of anilines is 1. The summed E-state index contributed by atoms with van der Waals surface area (Å²) in [5.74, 6) is -0.256. The first-order valence-electron chi connectivity index (χ1n) is 5.54. The van der Waals surface area contributed by atoms with Crippen LogP contribution in [-0.4, -0.2) is 39.3 Å². The van der Waals surface area contributed by atoms with E-state index < -0.39 is 30.3 Å². The third-order valence-corrected chi connectivity index (χ3v) is 7.06. The van der Waals surface area contributed by atoms with Crippen LogP contribution in [-0.2, 0) is 19.2 Å². The van der Waals surface area contributed by atoms with E-state index in [-0.39, 0.29) is 11.4 Å². The highest BCUT2D eigenvalue weighted by atomic mass is 32.2. The Bertz CT molecular complexity index is 711. The molecule has 0 heterocycles. The fourth-order valence-corrected chi connectivity index (χ4v) is 3.69. The molecule has 126 valence electrons. The first kappa shape index (κ1) is 19.1. The van der Waals surface area contributed by atoms with Crippen LogP contribution in [0.3, 0.4) is 0 Å². The van der Waals surface area contributed by atoms with E-state index in [0.29, 0.717) is 6.92 Å². The minimum absolute atomic E-state index is 0.143. The maximum Gasteiger partial charge on any atom is 0.381 e. The van der Waals surface area contributed by atoms with Gasteiger partial charge in [0.15, 0.2) is 0 Å². The van der Waals surface area contributed by atoms with E-state index >= 15 is 0 Å². The Balaban J connectivity index is 3.12. The largest absolute Gasteiger partial charge is 0.462 e. The summed E-state index contributed by atoms with van der Waals surface area (Å²) in [6.45, 7) is 0.594. The van der Waals surface area contributed by atoms with E-state index in [4.69, 9.17) is 24.3 Å². The molecule has 5 N–H and O–H groups in total. The summed E-state index contributed by atoms with van der Waals surface area (Å²) in [7, 11) is -14.1. The Morgan fingerprint density at radius 2 is 1.45 bits per heavy atom. The van der Waals surface area contributed by atoms with Gasteiger partial charge in [0.25, 0.3) is 0 Å². The molecule has 0 unspecified atom stereocenters. The van der Waals surface area contributed by atoms with Crippen molar-refractivity contribution < 1.29 is 41.9 Å². The van der Waals surface area contributed by atoms with Gasteiger partial charge in [-0.15, -0.1) is 0 Å². The van der Waals surface area contributed by atoms with Crippen molar-refractivity contribution in [3.05, 3.63) is 24.3 Å².